The number of unbranched alkanes of at least 4 members (excludes halogenated alkanes) is 15. The number of hydrogen-bond acceptors (Lipinski definition) is 6. The van der Waals surface area contributed by atoms with E-state index in [4.69, 9.17) is 14.2 Å². The second kappa shape index (κ2) is 46.8. The first kappa shape index (κ1) is 61.2. The van der Waals surface area contributed by atoms with Crippen LogP contribution in [0.25, 0.3) is 0 Å². The highest BCUT2D eigenvalue weighted by Gasteiger charge is 2.31. The van der Waals surface area contributed by atoms with Crippen molar-refractivity contribution in [2.24, 2.45) is 0 Å². The lowest BCUT2D eigenvalue weighted by Crippen LogP contribution is -2.50. The maximum absolute atomic E-state index is 12.8. The molecule has 0 aliphatic heterocycles. The van der Waals surface area contributed by atoms with Gasteiger partial charge in [0, 0.05) is 19.3 Å². The number of esters is 2. The monoisotopic (exact) mass is 907 g/mol. The Labute approximate surface area is 398 Å². The highest BCUT2D eigenvalue weighted by molar-refractivity contribution is 5.72. The number of quaternary nitrogens is 1. The summed E-state index contributed by atoms with van der Waals surface area (Å²) in [5, 5.41) is 9.65. The molecule has 0 fully saturated rings. The molecule has 0 heterocycles. The fraction of sp³-hybridized carbons (Fsp3) is 0.667. The molecule has 2 unspecified atom stereocenters. The number of hydrogen-bond donors (Lipinski definition) is 1. The van der Waals surface area contributed by atoms with E-state index in [-0.39, 0.29) is 42.7 Å². The maximum Gasteiger partial charge on any atom is 0.362 e. The van der Waals surface area contributed by atoms with Crippen LogP contribution in [-0.2, 0) is 28.6 Å². The second-order valence-corrected chi connectivity index (χ2v) is 18.0. The zero-order valence-electron chi connectivity index (χ0n) is 42.2. The quantitative estimate of drug-likeness (QED) is 0.0281. The third-order valence-electron chi connectivity index (χ3n) is 11.0. The standard InChI is InChI=1S/C57H95NO7/c1-6-8-10-12-14-16-18-20-22-24-26-27-28-29-30-32-33-35-37-39-41-43-45-47-55(59)64-52-53(51-63-50-49-54(57(61)62)58(3,4)5)65-56(60)48-46-44-42-40-38-36-34-31-25-23-21-19-17-15-13-11-9-7-2/h8,10,14,16,20,22,26-27,29-31,33-35,39,41,53-54H,6-7,9,11-13,15,17-19,21,23-25,28,32,36-38,40,42-52H2,1-5H3/p+1/b10-8+,16-14+,22-20+,27-26+,30-29+,34-31+,35-33+,41-39+. The number of carboxylic acids is 1. The molecule has 0 bridgehead atoms. The summed E-state index contributed by atoms with van der Waals surface area (Å²) in [5.74, 6) is -1.56. The molecule has 0 radical (unpaired) electrons. The topological polar surface area (TPSA) is 99.1 Å². The van der Waals surface area contributed by atoms with Crippen LogP contribution in [0.1, 0.15) is 194 Å². The highest BCUT2D eigenvalue weighted by Crippen LogP contribution is 2.14. The van der Waals surface area contributed by atoms with Crippen molar-refractivity contribution < 1.29 is 38.2 Å². The fourth-order valence-electron chi connectivity index (χ4n) is 7.02. The van der Waals surface area contributed by atoms with Gasteiger partial charge in [-0.15, -0.1) is 0 Å². The van der Waals surface area contributed by atoms with Crippen molar-refractivity contribution in [3.05, 3.63) is 97.2 Å². The Balaban J connectivity index is 4.39. The molecule has 0 rings (SSSR count). The van der Waals surface area contributed by atoms with Gasteiger partial charge >= 0.3 is 17.9 Å². The van der Waals surface area contributed by atoms with Gasteiger partial charge in [0.15, 0.2) is 12.1 Å². The van der Waals surface area contributed by atoms with Crippen molar-refractivity contribution in [2.45, 2.75) is 206 Å². The lowest BCUT2D eigenvalue weighted by atomic mass is 10.1. The molecule has 0 saturated carbocycles. The Hall–Kier alpha value is -3.75. The Morgan fingerprint density at radius 1 is 0.477 bits per heavy atom. The van der Waals surface area contributed by atoms with E-state index < -0.39 is 18.1 Å². The van der Waals surface area contributed by atoms with Crippen LogP contribution in [0, 0.1) is 0 Å². The van der Waals surface area contributed by atoms with Crippen LogP contribution in [0.15, 0.2) is 97.2 Å². The zero-order chi connectivity index (χ0) is 47.7. The van der Waals surface area contributed by atoms with Gasteiger partial charge in [0.25, 0.3) is 0 Å². The second-order valence-electron chi connectivity index (χ2n) is 18.0. The average Bonchev–Trinajstić information content (AvgIpc) is 3.27. The molecule has 0 aliphatic carbocycles. The molecule has 0 aromatic carbocycles. The third kappa shape index (κ3) is 45.2. The lowest BCUT2D eigenvalue weighted by Gasteiger charge is -2.31. The molecule has 370 valence electrons. The van der Waals surface area contributed by atoms with E-state index >= 15 is 0 Å². The molecular formula is C57H96NO7+. The molecule has 8 nitrogen and oxygen atoms in total. The predicted molar refractivity (Wildman–Crippen MR) is 275 cm³/mol. The van der Waals surface area contributed by atoms with Gasteiger partial charge in [0.1, 0.15) is 6.61 Å². The first-order valence-electron chi connectivity index (χ1n) is 25.8. The van der Waals surface area contributed by atoms with Gasteiger partial charge in [-0.25, -0.2) is 4.79 Å². The van der Waals surface area contributed by atoms with E-state index in [2.05, 4.69) is 111 Å². The number of carbonyl (C=O) groups excluding carboxylic acids is 2. The number of carboxylic acid groups (broad SMARTS) is 1. The zero-order valence-corrected chi connectivity index (χ0v) is 42.2. The summed E-state index contributed by atoms with van der Waals surface area (Å²) < 4.78 is 17.3. The Morgan fingerprint density at radius 2 is 0.877 bits per heavy atom. The molecule has 65 heavy (non-hydrogen) atoms. The number of allylic oxidation sites excluding steroid dienone is 16. The normalized spacial score (nSPS) is 13.7. The highest BCUT2D eigenvalue weighted by atomic mass is 16.6. The molecule has 0 aliphatic rings. The number of nitrogens with zero attached hydrogens (tertiary/aromatic N) is 1. The minimum atomic E-state index is -0.887. The van der Waals surface area contributed by atoms with Gasteiger partial charge in [0.05, 0.1) is 34.4 Å². The first-order chi connectivity index (χ1) is 31.6. The Bertz CT molecular complexity index is 1380. The summed E-state index contributed by atoms with van der Waals surface area (Å²) in [6, 6.07) is -0.631. The predicted octanol–water partition coefficient (Wildman–Crippen LogP) is 15.0. The molecule has 0 aromatic rings. The first-order valence-corrected chi connectivity index (χ1v) is 25.8. The Kier molecular flexibility index (Phi) is 44.1. The number of rotatable bonds is 45. The van der Waals surface area contributed by atoms with E-state index in [1.165, 1.54) is 70.6 Å². The van der Waals surface area contributed by atoms with Crippen molar-refractivity contribution in [3.8, 4) is 0 Å². The third-order valence-corrected chi connectivity index (χ3v) is 11.0. The summed E-state index contributed by atoms with van der Waals surface area (Å²) in [5.41, 5.74) is 0. The van der Waals surface area contributed by atoms with Crippen LogP contribution in [0.5, 0.6) is 0 Å². The van der Waals surface area contributed by atoms with Gasteiger partial charge in [-0.3, -0.25) is 9.59 Å². The van der Waals surface area contributed by atoms with Crippen molar-refractivity contribution in [1.29, 1.82) is 0 Å². The van der Waals surface area contributed by atoms with E-state index in [1.807, 2.05) is 21.1 Å². The maximum atomic E-state index is 12.8. The van der Waals surface area contributed by atoms with Crippen LogP contribution >= 0.6 is 0 Å². The summed E-state index contributed by atoms with van der Waals surface area (Å²) >= 11 is 0. The van der Waals surface area contributed by atoms with Crippen LogP contribution < -0.4 is 0 Å². The van der Waals surface area contributed by atoms with Crippen molar-refractivity contribution >= 4 is 17.9 Å². The molecule has 2 atom stereocenters. The van der Waals surface area contributed by atoms with E-state index in [0.29, 0.717) is 19.3 Å². The fourth-order valence-corrected chi connectivity index (χ4v) is 7.02. The largest absolute Gasteiger partial charge is 0.477 e. The van der Waals surface area contributed by atoms with Crippen molar-refractivity contribution in [1.82, 2.24) is 0 Å². The van der Waals surface area contributed by atoms with Crippen LogP contribution in [0.4, 0.5) is 0 Å². The van der Waals surface area contributed by atoms with E-state index in [1.54, 1.807) is 0 Å². The minimum Gasteiger partial charge on any atom is -0.477 e. The molecule has 0 aromatic heterocycles. The minimum absolute atomic E-state index is 0.0342. The van der Waals surface area contributed by atoms with Crippen molar-refractivity contribution in [3.63, 3.8) is 0 Å². The van der Waals surface area contributed by atoms with Crippen LogP contribution in [-0.4, -0.2) is 80.6 Å². The van der Waals surface area contributed by atoms with Gasteiger partial charge in [0.2, 0.25) is 0 Å². The van der Waals surface area contributed by atoms with Gasteiger partial charge in [-0.2, -0.15) is 0 Å². The van der Waals surface area contributed by atoms with Crippen LogP contribution in [0.2, 0.25) is 0 Å². The molecule has 0 amide bonds. The van der Waals surface area contributed by atoms with E-state index in [0.717, 1.165) is 83.5 Å². The molecular weight excluding hydrogens is 811 g/mol. The van der Waals surface area contributed by atoms with Gasteiger partial charge in [-0.1, -0.05) is 182 Å². The smallest absolute Gasteiger partial charge is 0.362 e. The number of carbonyl (C=O) groups is 3. The van der Waals surface area contributed by atoms with Gasteiger partial charge < -0.3 is 23.8 Å². The summed E-state index contributed by atoms with van der Waals surface area (Å²) in [6.45, 7) is 4.55. The SMILES string of the molecule is CC/C=C/C/C=C/C/C=C/C/C=C/C/C=C/C/C=C/C/C=C/CCCC(=O)OCC(COCCC(C(=O)O)[N+](C)(C)C)OC(=O)CCCCCCC/C=C/CCCCCCCCCCC. The lowest BCUT2D eigenvalue weighted by molar-refractivity contribution is -0.887. The summed E-state index contributed by atoms with van der Waals surface area (Å²) in [7, 11) is 5.51. The molecule has 1 N–H and O–H groups in total. The van der Waals surface area contributed by atoms with Crippen LogP contribution in [0.3, 0.4) is 0 Å². The van der Waals surface area contributed by atoms with E-state index in [9.17, 15) is 19.5 Å². The molecule has 0 spiro atoms. The molecule has 0 saturated heterocycles. The van der Waals surface area contributed by atoms with Gasteiger partial charge in [-0.05, 0) is 89.9 Å². The molecule has 8 heteroatoms. The number of ether oxygens (including phenoxy) is 3. The number of aliphatic carboxylic acids is 1. The summed E-state index contributed by atoms with van der Waals surface area (Å²) in [4.78, 5) is 37.1. The summed E-state index contributed by atoms with van der Waals surface area (Å²) in [6.07, 6.45) is 63.2. The Morgan fingerprint density at radius 3 is 1.34 bits per heavy atom. The number of likely N-dealkylation sites (N-methyl/N-ethyl adjacent to an activating group) is 1. The average molecular weight is 907 g/mol. The van der Waals surface area contributed by atoms with Crippen molar-refractivity contribution in [2.75, 3.05) is 41.0 Å².